The van der Waals surface area contributed by atoms with Crippen LogP contribution in [-0.2, 0) is 4.74 Å². The summed E-state index contributed by atoms with van der Waals surface area (Å²) in [6.07, 6.45) is 1.83. The minimum atomic E-state index is -0.213. The molecule has 1 N–H and O–H groups in total. The van der Waals surface area contributed by atoms with Crippen molar-refractivity contribution in [2.24, 2.45) is 0 Å². The molecular weight excluding hydrogens is 127 g/mol. The van der Waals surface area contributed by atoms with Crippen molar-refractivity contribution in [1.29, 1.82) is 0 Å². The Hall–Kier alpha value is -0.0151. The Morgan fingerprint density at radius 3 is 2.70 bits per heavy atom. The van der Waals surface area contributed by atoms with Crippen LogP contribution < -0.4 is 0 Å². The summed E-state index contributed by atoms with van der Waals surface area (Å²) in [4.78, 5) is 0. The van der Waals surface area contributed by atoms with Crippen LogP contribution in [0.5, 0.6) is 0 Å². The van der Waals surface area contributed by atoms with Gasteiger partial charge in [0, 0.05) is 6.61 Å². The van der Waals surface area contributed by atoms with Gasteiger partial charge in [-0.15, -0.1) is 0 Å². The number of hydrogen-bond acceptors (Lipinski definition) is 2. The predicted molar refractivity (Wildman–Crippen MR) is 42.9 cm³/mol. The minimum Gasteiger partial charge on any atom is -0.390 e. The number of aliphatic hydroxyl groups excluding tert-OH is 1. The van der Waals surface area contributed by atoms with Gasteiger partial charge in [-0.05, 0) is 19.8 Å². The fraction of sp³-hybridized carbons (Fsp3) is 1.00. The topological polar surface area (TPSA) is 29.5 Å². The highest BCUT2D eigenvalue weighted by atomic mass is 16.5. The van der Waals surface area contributed by atoms with Crippen LogP contribution in [0, 0.1) is 0 Å². The molecule has 0 heterocycles. The predicted octanol–water partition coefficient (Wildman–Crippen LogP) is -0.0322. The molecule has 0 aromatic rings. The van der Waals surface area contributed by atoms with Crippen LogP contribution in [0.1, 0.15) is 19.8 Å². The molecule has 3 atom stereocenters. The Balaban J connectivity index is 2.31. The first-order valence-electron chi connectivity index (χ1n) is 4.03. The van der Waals surface area contributed by atoms with E-state index in [1.54, 1.807) is 0 Å². The van der Waals surface area contributed by atoms with Gasteiger partial charge in [0.25, 0.3) is 0 Å². The van der Waals surface area contributed by atoms with Gasteiger partial charge >= 0.3 is 0 Å². The third kappa shape index (κ3) is 1.73. The largest absolute Gasteiger partial charge is 0.390 e. The van der Waals surface area contributed by atoms with Crippen molar-refractivity contribution in [1.82, 2.24) is 0 Å². The van der Waals surface area contributed by atoms with Gasteiger partial charge in [-0.2, -0.15) is 0 Å². The maximum absolute atomic E-state index is 9.37. The summed E-state index contributed by atoms with van der Waals surface area (Å²) in [5, 5.41) is 9.37. The van der Waals surface area contributed by atoms with E-state index in [4.69, 9.17) is 4.74 Å². The Labute approximate surface area is 63.0 Å². The molecule has 3 unspecified atom stereocenters. The fourth-order valence-electron chi connectivity index (χ4n) is 1.61. The van der Waals surface area contributed by atoms with Gasteiger partial charge in [-0.3, -0.25) is 0 Å². The number of rotatable bonds is 2. The van der Waals surface area contributed by atoms with Crippen LogP contribution >= 0.6 is 0 Å². The molecule has 58 valence electrons. The van der Waals surface area contributed by atoms with Gasteiger partial charge in [0.2, 0.25) is 0 Å². The van der Waals surface area contributed by atoms with Gasteiger partial charge in [-0.25, -0.2) is 0 Å². The second-order valence-corrected chi connectivity index (χ2v) is 3.14. The summed E-state index contributed by atoms with van der Waals surface area (Å²) in [6.45, 7) is 2.68. The quantitative estimate of drug-likeness (QED) is 0.548. The summed E-state index contributed by atoms with van der Waals surface area (Å²) in [7, 11) is 2.15. The van der Waals surface area contributed by atoms with Crippen LogP contribution in [0.25, 0.3) is 0 Å². The van der Waals surface area contributed by atoms with E-state index < -0.39 is 0 Å². The van der Waals surface area contributed by atoms with Gasteiger partial charge in [-0.1, -0.05) is 5.82 Å². The maximum atomic E-state index is 9.37. The smallest absolute Gasteiger partial charge is 0.105 e. The van der Waals surface area contributed by atoms with E-state index in [2.05, 4.69) is 7.85 Å². The molecule has 0 amide bonds. The van der Waals surface area contributed by atoms with Crippen LogP contribution in [0.4, 0.5) is 0 Å². The van der Waals surface area contributed by atoms with E-state index in [-0.39, 0.29) is 12.2 Å². The SMILES string of the molecule is BC1CC(O)C(OCC)C1. The molecule has 0 aliphatic heterocycles. The molecule has 1 saturated carbocycles. The zero-order valence-corrected chi connectivity index (χ0v) is 6.71. The molecule has 1 fully saturated rings. The van der Waals surface area contributed by atoms with Gasteiger partial charge in [0.05, 0.1) is 12.2 Å². The first-order valence-corrected chi connectivity index (χ1v) is 4.03. The second kappa shape index (κ2) is 3.40. The lowest BCUT2D eigenvalue weighted by Gasteiger charge is -2.13. The van der Waals surface area contributed by atoms with Gasteiger partial charge < -0.3 is 9.84 Å². The van der Waals surface area contributed by atoms with E-state index in [1.165, 1.54) is 0 Å². The maximum Gasteiger partial charge on any atom is 0.105 e. The normalized spacial score (nSPS) is 40.4. The van der Waals surface area contributed by atoms with Crippen molar-refractivity contribution < 1.29 is 9.84 Å². The molecule has 1 aliphatic rings. The van der Waals surface area contributed by atoms with E-state index in [1.807, 2.05) is 6.92 Å². The summed E-state index contributed by atoms with van der Waals surface area (Å²) < 4.78 is 5.34. The highest BCUT2D eigenvalue weighted by molar-refractivity contribution is 6.11. The van der Waals surface area contributed by atoms with Crippen LogP contribution in [-0.4, -0.2) is 31.8 Å². The molecule has 0 saturated heterocycles. The Morgan fingerprint density at radius 2 is 2.30 bits per heavy atom. The number of aliphatic hydroxyl groups is 1. The van der Waals surface area contributed by atoms with E-state index in [0.29, 0.717) is 12.4 Å². The second-order valence-electron chi connectivity index (χ2n) is 3.14. The van der Waals surface area contributed by atoms with E-state index >= 15 is 0 Å². The van der Waals surface area contributed by atoms with E-state index in [9.17, 15) is 5.11 Å². The van der Waals surface area contributed by atoms with Crippen LogP contribution in [0.15, 0.2) is 0 Å². The summed E-state index contributed by atoms with van der Waals surface area (Å²) in [6, 6.07) is 0. The fourth-order valence-corrected chi connectivity index (χ4v) is 1.61. The molecule has 10 heavy (non-hydrogen) atoms. The zero-order valence-electron chi connectivity index (χ0n) is 6.71. The van der Waals surface area contributed by atoms with Crippen molar-refractivity contribution >= 4 is 7.85 Å². The molecule has 2 nitrogen and oxygen atoms in total. The molecule has 0 bridgehead atoms. The van der Waals surface area contributed by atoms with Crippen molar-refractivity contribution in [3.63, 3.8) is 0 Å². The molecule has 0 aromatic carbocycles. The third-order valence-corrected chi connectivity index (χ3v) is 2.09. The van der Waals surface area contributed by atoms with Crippen molar-refractivity contribution in [2.75, 3.05) is 6.61 Å². The van der Waals surface area contributed by atoms with Gasteiger partial charge in [0.1, 0.15) is 7.85 Å². The molecule has 3 heteroatoms. The van der Waals surface area contributed by atoms with E-state index in [0.717, 1.165) is 12.8 Å². The average molecular weight is 142 g/mol. The Morgan fingerprint density at radius 1 is 1.60 bits per heavy atom. The molecule has 0 radical (unpaired) electrons. The lowest BCUT2D eigenvalue weighted by Crippen LogP contribution is -2.22. The number of ether oxygens (including phenoxy) is 1. The standard InChI is InChI=1S/C7H15BO2/c1-2-10-7-4-5(8)3-6(7)9/h5-7,9H,2-4,8H2,1H3. The highest BCUT2D eigenvalue weighted by Gasteiger charge is 2.30. The molecule has 1 aliphatic carbocycles. The van der Waals surface area contributed by atoms with Crippen molar-refractivity contribution in [3.8, 4) is 0 Å². The molecular formula is C7H15BO2. The Kier molecular flexibility index (Phi) is 2.75. The summed E-state index contributed by atoms with van der Waals surface area (Å²) in [5.74, 6) is 0.631. The lowest BCUT2D eigenvalue weighted by atomic mass is 9.86. The lowest BCUT2D eigenvalue weighted by molar-refractivity contribution is -0.0128. The van der Waals surface area contributed by atoms with Crippen molar-refractivity contribution in [2.45, 2.75) is 37.8 Å². The van der Waals surface area contributed by atoms with Crippen LogP contribution in [0.2, 0.25) is 5.82 Å². The zero-order chi connectivity index (χ0) is 7.56. The molecule has 0 aromatic heterocycles. The Bertz CT molecular complexity index is 108. The van der Waals surface area contributed by atoms with Crippen molar-refractivity contribution in [3.05, 3.63) is 0 Å². The molecule has 0 spiro atoms. The minimum absolute atomic E-state index is 0.111. The van der Waals surface area contributed by atoms with Gasteiger partial charge in [0.15, 0.2) is 0 Å². The first kappa shape index (κ1) is 8.09. The summed E-state index contributed by atoms with van der Waals surface area (Å²) >= 11 is 0. The average Bonchev–Trinajstić information content (AvgIpc) is 2.13. The van der Waals surface area contributed by atoms with Crippen LogP contribution in [0.3, 0.4) is 0 Å². The monoisotopic (exact) mass is 142 g/mol. The third-order valence-electron chi connectivity index (χ3n) is 2.09. The summed E-state index contributed by atoms with van der Waals surface area (Å²) in [5.41, 5.74) is 0. The first-order chi connectivity index (χ1) is 4.74. The number of hydrogen-bond donors (Lipinski definition) is 1. The highest BCUT2D eigenvalue weighted by Crippen LogP contribution is 2.29. The molecule has 1 rings (SSSR count).